The monoisotopic (exact) mass is 240 g/mol. The average Bonchev–Trinajstić information content (AvgIpc) is 2.34. The summed E-state index contributed by atoms with van der Waals surface area (Å²) in [7, 11) is 0. The van der Waals surface area contributed by atoms with Gasteiger partial charge >= 0.3 is 0 Å². The minimum atomic E-state index is 0.549. The molecule has 0 radical (unpaired) electrons. The van der Waals surface area contributed by atoms with Gasteiger partial charge in [0, 0.05) is 0 Å². The molecular formula is C17H20O. The van der Waals surface area contributed by atoms with Gasteiger partial charge in [-0.05, 0) is 48.6 Å². The highest BCUT2D eigenvalue weighted by Crippen LogP contribution is 2.31. The molecule has 0 heterocycles. The lowest BCUT2D eigenvalue weighted by atomic mass is 9.98. The predicted octanol–water partition coefficient (Wildman–Crippen LogP) is 5.22. The van der Waals surface area contributed by atoms with Crippen molar-refractivity contribution >= 4 is 0 Å². The van der Waals surface area contributed by atoms with Crippen molar-refractivity contribution in [3.63, 3.8) is 0 Å². The van der Waals surface area contributed by atoms with Crippen molar-refractivity contribution in [1.82, 2.24) is 0 Å². The summed E-state index contributed by atoms with van der Waals surface area (Å²) >= 11 is 0. The van der Waals surface area contributed by atoms with Gasteiger partial charge in [-0.1, -0.05) is 44.2 Å². The second-order valence-corrected chi connectivity index (χ2v) is 5.05. The van der Waals surface area contributed by atoms with E-state index in [0.717, 1.165) is 11.5 Å². The van der Waals surface area contributed by atoms with Crippen LogP contribution in [0.3, 0.4) is 0 Å². The Morgan fingerprint density at radius 2 is 1.44 bits per heavy atom. The topological polar surface area (TPSA) is 9.23 Å². The van der Waals surface area contributed by atoms with E-state index in [1.807, 2.05) is 30.3 Å². The highest BCUT2D eigenvalue weighted by Gasteiger charge is 2.09. The lowest BCUT2D eigenvalue weighted by molar-refractivity contribution is 0.474. The minimum Gasteiger partial charge on any atom is -0.457 e. The van der Waals surface area contributed by atoms with Crippen LogP contribution in [-0.4, -0.2) is 0 Å². The molecule has 0 aliphatic heterocycles. The lowest BCUT2D eigenvalue weighted by Gasteiger charge is -2.15. The first-order valence-corrected chi connectivity index (χ1v) is 6.42. The molecule has 0 atom stereocenters. The van der Waals surface area contributed by atoms with E-state index in [9.17, 15) is 0 Å². The molecule has 0 spiro atoms. The summed E-state index contributed by atoms with van der Waals surface area (Å²) in [5.41, 5.74) is 3.76. The first-order valence-electron chi connectivity index (χ1n) is 6.42. The van der Waals surface area contributed by atoms with Crippen LogP contribution in [0.2, 0.25) is 0 Å². The largest absolute Gasteiger partial charge is 0.457 e. The van der Waals surface area contributed by atoms with Crippen molar-refractivity contribution in [1.29, 1.82) is 0 Å². The van der Waals surface area contributed by atoms with Gasteiger partial charge in [-0.15, -0.1) is 0 Å². The molecule has 2 aromatic carbocycles. The molecule has 0 saturated heterocycles. The van der Waals surface area contributed by atoms with Gasteiger partial charge in [0.2, 0.25) is 0 Å². The lowest BCUT2D eigenvalue weighted by Crippen LogP contribution is -1.95. The Morgan fingerprint density at radius 3 is 1.94 bits per heavy atom. The third-order valence-electron chi connectivity index (χ3n) is 3.11. The Morgan fingerprint density at radius 1 is 0.889 bits per heavy atom. The maximum absolute atomic E-state index is 5.97. The van der Waals surface area contributed by atoms with E-state index in [2.05, 4.69) is 39.8 Å². The van der Waals surface area contributed by atoms with Crippen molar-refractivity contribution in [3.05, 3.63) is 59.2 Å². The molecule has 1 heteroatoms. The molecule has 0 aromatic heterocycles. The van der Waals surface area contributed by atoms with Crippen LogP contribution in [0.15, 0.2) is 42.5 Å². The highest BCUT2D eigenvalue weighted by molar-refractivity contribution is 5.46. The summed E-state index contributed by atoms with van der Waals surface area (Å²) < 4.78 is 5.97. The zero-order chi connectivity index (χ0) is 13.1. The van der Waals surface area contributed by atoms with Gasteiger partial charge in [-0.25, -0.2) is 0 Å². The van der Waals surface area contributed by atoms with Crippen LogP contribution in [0, 0.1) is 13.8 Å². The summed E-state index contributed by atoms with van der Waals surface area (Å²) in [6.45, 7) is 8.65. The van der Waals surface area contributed by atoms with Crippen molar-refractivity contribution in [2.75, 3.05) is 0 Å². The third kappa shape index (κ3) is 2.73. The van der Waals surface area contributed by atoms with Crippen LogP contribution < -0.4 is 4.74 Å². The van der Waals surface area contributed by atoms with E-state index in [1.54, 1.807) is 0 Å². The van der Waals surface area contributed by atoms with Gasteiger partial charge in [-0.3, -0.25) is 0 Å². The fraction of sp³-hybridized carbons (Fsp3) is 0.294. The Kier molecular flexibility index (Phi) is 3.71. The molecule has 0 aliphatic carbocycles. The fourth-order valence-electron chi connectivity index (χ4n) is 2.08. The number of benzene rings is 2. The summed E-state index contributed by atoms with van der Waals surface area (Å²) in [6.07, 6.45) is 0. The molecule has 1 nitrogen and oxygen atoms in total. The summed E-state index contributed by atoms with van der Waals surface area (Å²) in [5, 5.41) is 0. The molecule has 18 heavy (non-hydrogen) atoms. The Hall–Kier alpha value is -1.76. The number of ether oxygens (including phenoxy) is 1. The maximum atomic E-state index is 5.97. The van der Waals surface area contributed by atoms with Crippen LogP contribution in [-0.2, 0) is 0 Å². The van der Waals surface area contributed by atoms with Crippen molar-refractivity contribution < 1.29 is 4.74 Å². The van der Waals surface area contributed by atoms with Gasteiger partial charge < -0.3 is 4.74 Å². The van der Waals surface area contributed by atoms with Gasteiger partial charge in [0.25, 0.3) is 0 Å². The van der Waals surface area contributed by atoms with Crippen molar-refractivity contribution in [2.24, 2.45) is 0 Å². The van der Waals surface area contributed by atoms with Gasteiger partial charge in [-0.2, -0.15) is 0 Å². The first-order chi connectivity index (χ1) is 8.58. The van der Waals surface area contributed by atoms with Crippen LogP contribution in [0.1, 0.15) is 36.5 Å². The third-order valence-corrected chi connectivity index (χ3v) is 3.11. The second kappa shape index (κ2) is 5.26. The van der Waals surface area contributed by atoms with Crippen LogP contribution in [0.4, 0.5) is 0 Å². The van der Waals surface area contributed by atoms with Crippen LogP contribution in [0.5, 0.6) is 11.5 Å². The van der Waals surface area contributed by atoms with E-state index >= 15 is 0 Å². The highest BCUT2D eigenvalue weighted by atomic mass is 16.5. The minimum absolute atomic E-state index is 0.549. The molecule has 0 unspecified atom stereocenters. The van der Waals surface area contributed by atoms with Crippen molar-refractivity contribution in [2.45, 2.75) is 33.6 Å². The van der Waals surface area contributed by atoms with E-state index < -0.39 is 0 Å². The molecule has 0 aliphatic rings. The number of para-hydroxylation sites is 1. The Labute approximate surface area is 109 Å². The van der Waals surface area contributed by atoms with Gasteiger partial charge in [0.15, 0.2) is 0 Å². The molecule has 0 N–H and O–H groups in total. The molecule has 94 valence electrons. The number of aryl methyl sites for hydroxylation is 2. The van der Waals surface area contributed by atoms with E-state index in [4.69, 9.17) is 4.74 Å². The molecule has 0 fully saturated rings. The average molecular weight is 240 g/mol. The van der Waals surface area contributed by atoms with E-state index in [0.29, 0.717) is 5.92 Å². The smallest absolute Gasteiger partial charge is 0.133 e. The number of hydrogen-bond acceptors (Lipinski definition) is 1. The summed E-state index contributed by atoms with van der Waals surface area (Å²) in [5.74, 6) is 2.42. The van der Waals surface area contributed by atoms with Crippen molar-refractivity contribution in [3.8, 4) is 11.5 Å². The second-order valence-electron chi connectivity index (χ2n) is 5.05. The maximum Gasteiger partial charge on any atom is 0.133 e. The molecule has 2 aromatic rings. The zero-order valence-electron chi connectivity index (χ0n) is 11.5. The quantitative estimate of drug-likeness (QED) is 0.714. The zero-order valence-corrected chi connectivity index (χ0v) is 11.5. The van der Waals surface area contributed by atoms with Gasteiger partial charge in [0.05, 0.1) is 0 Å². The standard InChI is InChI=1S/C17H20O/c1-12(2)15-10-13(3)17(14(4)11-15)18-16-8-6-5-7-9-16/h5-12H,1-4H3. The molecule has 0 saturated carbocycles. The van der Waals surface area contributed by atoms with Crippen LogP contribution in [0.25, 0.3) is 0 Å². The van der Waals surface area contributed by atoms with Gasteiger partial charge in [0.1, 0.15) is 11.5 Å². The summed E-state index contributed by atoms with van der Waals surface area (Å²) in [6, 6.07) is 14.4. The Bertz CT molecular complexity index is 504. The summed E-state index contributed by atoms with van der Waals surface area (Å²) in [4.78, 5) is 0. The SMILES string of the molecule is Cc1cc(C(C)C)cc(C)c1Oc1ccccc1. The Balaban J connectivity index is 2.34. The van der Waals surface area contributed by atoms with E-state index in [-0.39, 0.29) is 0 Å². The molecule has 2 rings (SSSR count). The van der Waals surface area contributed by atoms with Crippen LogP contribution >= 0.6 is 0 Å². The normalized spacial score (nSPS) is 10.7. The van der Waals surface area contributed by atoms with E-state index in [1.165, 1.54) is 16.7 Å². The first kappa shape index (κ1) is 12.7. The fourth-order valence-corrected chi connectivity index (χ4v) is 2.08. The number of hydrogen-bond donors (Lipinski definition) is 0. The molecule has 0 bridgehead atoms. The number of rotatable bonds is 3. The molecular weight excluding hydrogens is 220 g/mol. The molecule has 0 amide bonds. The predicted molar refractivity (Wildman–Crippen MR) is 76.5 cm³/mol.